The number of benzene rings is 1. The molecule has 1 aliphatic rings. The molecule has 82 valence electrons. The number of nitrogens with two attached hydrogens (primary N) is 1. The van der Waals surface area contributed by atoms with Crippen LogP contribution in [0.15, 0.2) is 30.3 Å². The van der Waals surface area contributed by atoms with Gasteiger partial charge in [0.15, 0.2) is 5.13 Å². The van der Waals surface area contributed by atoms with Gasteiger partial charge in [-0.25, -0.2) is 4.98 Å². The molecule has 0 saturated heterocycles. The van der Waals surface area contributed by atoms with E-state index in [2.05, 4.69) is 35.3 Å². The lowest BCUT2D eigenvalue weighted by atomic mass is 9.85. The van der Waals surface area contributed by atoms with Crippen LogP contribution in [0.4, 0.5) is 5.13 Å². The Labute approximate surface area is 99.1 Å². The first-order valence-electron chi connectivity index (χ1n) is 5.62. The van der Waals surface area contributed by atoms with Gasteiger partial charge in [-0.1, -0.05) is 30.3 Å². The van der Waals surface area contributed by atoms with Crippen LogP contribution in [0.5, 0.6) is 0 Å². The monoisotopic (exact) mass is 230 g/mol. The molecule has 2 aromatic rings. The summed E-state index contributed by atoms with van der Waals surface area (Å²) in [4.78, 5) is 5.76. The number of aryl methyl sites for hydroxylation is 1. The number of nitrogen functional groups attached to an aromatic ring is 1. The number of hydrogen-bond donors (Lipinski definition) is 1. The van der Waals surface area contributed by atoms with Gasteiger partial charge in [0.2, 0.25) is 0 Å². The smallest absolute Gasteiger partial charge is 0.180 e. The van der Waals surface area contributed by atoms with E-state index in [1.54, 1.807) is 11.3 Å². The minimum absolute atomic E-state index is 0.647. The zero-order valence-corrected chi connectivity index (χ0v) is 9.83. The van der Waals surface area contributed by atoms with Gasteiger partial charge in [0.05, 0.1) is 5.69 Å². The topological polar surface area (TPSA) is 38.9 Å². The van der Waals surface area contributed by atoms with Crippen molar-refractivity contribution in [3.05, 3.63) is 46.5 Å². The molecule has 0 bridgehead atoms. The van der Waals surface area contributed by atoms with Gasteiger partial charge >= 0.3 is 0 Å². The van der Waals surface area contributed by atoms with E-state index >= 15 is 0 Å². The minimum atomic E-state index is 0.647. The number of hydrogen-bond acceptors (Lipinski definition) is 3. The molecule has 0 aliphatic heterocycles. The van der Waals surface area contributed by atoms with Crippen molar-refractivity contribution in [2.24, 2.45) is 0 Å². The van der Waals surface area contributed by atoms with Crippen molar-refractivity contribution in [1.29, 1.82) is 0 Å². The lowest BCUT2D eigenvalue weighted by molar-refractivity contribution is 0.585. The Morgan fingerprint density at radius 3 is 2.88 bits per heavy atom. The first-order valence-corrected chi connectivity index (χ1v) is 6.43. The average Bonchev–Trinajstić information content (AvgIpc) is 2.69. The standard InChI is InChI=1S/C13H14N2S/c14-13-15-11-7-6-10(8-12(11)16-13)9-4-2-1-3-5-9/h1-5,10H,6-8H2,(H2,14,15)/t10-/m0/s1. The van der Waals surface area contributed by atoms with E-state index in [0.717, 1.165) is 18.0 Å². The van der Waals surface area contributed by atoms with Crippen LogP contribution in [0.3, 0.4) is 0 Å². The first-order chi connectivity index (χ1) is 7.83. The number of fused-ring (bicyclic) bond motifs is 1. The molecule has 2 nitrogen and oxygen atoms in total. The number of thiazole rings is 1. The van der Waals surface area contributed by atoms with Crippen molar-refractivity contribution in [3.63, 3.8) is 0 Å². The van der Waals surface area contributed by atoms with Crippen LogP contribution < -0.4 is 5.73 Å². The zero-order chi connectivity index (χ0) is 11.0. The molecule has 0 unspecified atom stereocenters. The van der Waals surface area contributed by atoms with E-state index in [4.69, 9.17) is 5.73 Å². The highest BCUT2D eigenvalue weighted by molar-refractivity contribution is 7.15. The Morgan fingerprint density at radius 1 is 1.25 bits per heavy atom. The van der Waals surface area contributed by atoms with E-state index < -0.39 is 0 Å². The predicted molar refractivity (Wildman–Crippen MR) is 67.7 cm³/mol. The first kappa shape index (κ1) is 9.85. The normalized spacial score (nSPS) is 19.4. The minimum Gasteiger partial charge on any atom is -0.375 e. The van der Waals surface area contributed by atoms with Crippen LogP contribution in [-0.4, -0.2) is 4.98 Å². The quantitative estimate of drug-likeness (QED) is 0.818. The van der Waals surface area contributed by atoms with E-state index in [1.165, 1.54) is 22.6 Å². The zero-order valence-electron chi connectivity index (χ0n) is 9.02. The number of rotatable bonds is 1. The van der Waals surface area contributed by atoms with Crippen LogP contribution in [0.2, 0.25) is 0 Å². The lowest BCUT2D eigenvalue weighted by Gasteiger charge is -2.21. The molecule has 0 amide bonds. The molecule has 1 aromatic carbocycles. The number of nitrogens with zero attached hydrogens (tertiary/aromatic N) is 1. The van der Waals surface area contributed by atoms with Gasteiger partial charge in [0.1, 0.15) is 0 Å². The molecule has 1 heterocycles. The fraction of sp³-hybridized carbons (Fsp3) is 0.308. The second-order valence-corrected chi connectivity index (χ2v) is 5.39. The number of anilines is 1. The van der Waals surface area contributed by atoms with E-state index in [1.807, 2.05) is 0 Å². The summed E-state index contributed by atoms with van der Waals surface area (Å²) >= 11 is 1.66. The lowest BCUT2D eigenvalue weighted by Crippen LogP contribution is -2.11. The highest BCUT2D eigenvalue weighted by Gasteiger charge is 2.22. The third-order valence-corrected chi connectivity index (χ3v) is 4.18. The van der Waals surface area contributed by atoms with E-state index in [-0.39, 0.29) is 0 Å². The maximum Gasteiger partial charge on any atom is 0.180 e. The average molecular weight is 230 g/mol. The largest absolute Gasteiger partial charge is 0.375 e. The second-order valence-electron chi connectivity index (χ2n) is 4.27. The fourth-order valence-electron chi connectivity index (χ4n) is 2.40. The maximum atomic E-state index is 5.75. The SMILES string of the molecule is Nc1nc2c(s1)C[C@@H](c1ccccc1)CC2. The van der Waals surface area contributed by atoms with Gasteiger partial charge in [-0.05, 0) is 30.7 Å². The molecule has 2 N–H and O–H groups in total. The molecule has 1 aliphatic carbocycles. The highest BCUT2D eigenvalue weighted by atomic mass is 32.1. The van der Waals surface area contributed by atoms with E-state index in [0.29, 0.717) is 5.92 Å². The summed E-state index contributed by atoms with van der Waals surface area (Å²) in [5.74, 6) is 0.647. The molecular weight excluding hydrogens is 216 g/mol. The predicted octanol–water partition coefficient (Wildman–Crippen LogP) is 3.00. The fourth-order valence-corrected chi connectivity index (χ4v) is 3.36. The van der Waals surface area contributed by atoms with E-state index in [9.17, 15) is 0 Å². The highest BCUT2D eigenvalue weighted by Crippen LogP contribution is 2.35. The summed E-state index contributed by atoms with van der Waals surface area (Å²) in [6.07, 6.45) is 3.37. The Balaban J connectivity index is 1.88. The van der Waals surface area contributed by atoms with Gasteiger partial charge in [0, 0.05) is 4.88 Å². The molecule has 3 rings (SSSR count). The van der Waals surface area contributed by atoms with Crippen LogP contribution in [0.25, 0.3) is 0 Å². The molecule has 1 atom stereocenters. The van der Waals surface area contributed by atoms with Crippen molar-refractivity contribution < 1.29 is 0 Å². The van der Waals surface area contributed by atoms with Gasteiger partial charge in [-0.2, -0.15) is 0 Å². The van der Waals surface area contributed by atoms with Crippen molar-refractivity contribution in [1.82, 2.24) is 4.98 Å². The molecule has 0 fully saturated rings. The molecular formula is C13H14N2S. The van der Waals surface area contributed by atoms with Gasteiger partial charge < -0.3 is 5.73 Å². The van der Waals surface area contributed by atoms with Crippen molar-refractivity contribution in [2.45, 2.75) is 25.2 Å². The summed E-state index contributed by atoms with van der Waals surface area (Å²) < 4.78 is 0. The van der Waals surface area contributed by atoms with Gasteiger partial charge in [0.25, 0.3) is 0 Å². The molecule has 0 spiro atoms. The molecule has 0 saturated carbocycles. The van der Waals surface area contributed by atoms with Crippen LogP contribution >= 0.6 is 11.3 Å². The van der Waals surface area contributed by atoms with Crippen LogP contribution in [0.1, 0.15) is 28.5 Å². The third kappa shape index (κ3) is 1.71. The summed E-state index contributed by atoms with van der Waals surface area (Å²) in [6.45, 7) is 0. The molecule has 3 heteroatoms. The van der Waals surface area contributed by atoms with Crippen LogP contribution in [-0.2, 0) is 12.8 Å². The summed E-state index contributed by atoms with van der Waals surface area (Å²) in [7, 11) is 0. The molecule has 0 radical (unpaired) electrons. The number of aromatic nitrogens is 1. The summed E-state index contributed by atoms with van der Waals surface area (Å²) in [6, 6.07) is 10.8. The maximum absolute atomic E-state index is 5.75. The molecule has 16 heavy (non-hydrogen) atoms. The summed E-state index contributed by atoms with van der Waals surface area (Å²) in [5.41, 5.74) is 8.43. The van der Waals surface area contributed by atoms with Crippen molar-refractivity contribution in [2.75, 3.05) is 5.73 Å². The Bertz CT molecular complexity index is 490. The Hall–Kier alpha value is -1.35. The summed E-state index contributed by atoms with van der Waals surface area (Å²) in [5, 5.41) is 0.721. The van der Waals surface area contributed by atoms with Gasteiger partial charge in [-0.15, -0.1) is 11.3 Å². The molecule has 1 aromatic heterocycles. The Morgan fingerprint density at radius 2 is 2.06 bits per heavy atom. The second kappa shape index (κ2) is 3.91. The van der Waals surface area contributed by atoms with Crippen molar-refractivity contribution in [3.8, 4) is 0 Å². The van der Waals surface area contributed by atoms with Crippen molar-refractivity contribution >= 4 is 16.5 Å². The van der Waals surface area contributed by atoms with Crippen LogP contribution in [0, 0.1) is 0 Å². The Kier molecular flexibility index (Phi) is 2.40. The third-order valence-electron chi connectivity index (χ3n) is 3.23. The van der Waals surface area contributed by atoms with Gasteiger partial charge in [-0.3, -0.25) is 0 Å².